The Bertz CT molecular complexity index is 870. The monoisotopic (exact) mass is 487 g/mol. The number of amides is 3. The summed E-state index contributed by atoms with van der Waals surface area (Å²) in [7, 11) is 0. The van der Waals surface area contributed by atoms with Gasteiger partial charge in [0.1, 0.15) is 17.7 Å². The first kappa shape index (κ1) is 27.0. The second-order valence-electron chi connectivity index (χ2n) is 10.9. The second kappa shape index (κ2) is 11.9. The van der Waals surface area contributed by atoms with E-state index in [1.54, 1.807) is 25.7 Å². The Morgan fingerprint density at radius 2 is 1.66 bits per heavy atom. The molecule has 0 heterocycles. The Balaban J connectivity index is 1.90. The third kappa shape index (κ3) is 7.43. The van der Waals surface area contributed by atoms with E-state index in [9.17, 15) is 19.5 Å². The number of aryl methyl sites for hydroxylation is 1. The van der Waals surface area contributed by atoms with Crippen LogP contribution in [0.1, 0.15) is 89.3 Å². The van der Waals surface area contributed by atoms with Crippen molar-refractivity contribution in [3.8, 4) is 0 Å². The number of benzene rings is 1. The number of nitrogens with zero attached hydrogens (tertiary/aromatic N) is 1. The molecule has 2 atom stereocenters. The first-order valence-corrected chi connectivity index (χ1v) is 12.9. The van der Waals surface area contributed by atoms with Gasteiger partial charge in [-0.05, 0) is 65.4 Å². The van der Waals surface area contributed by atoms with Crippen LogP contribution >= 0.6 is 0 Å². The zero-order valence-electron chi connectivity index (χ0n) is 21.5. The first-order valence-electron chi connectivity index (χ1n) is 12.9. The van der Waals surface area contributed by atoms with Crippen molar-refractivity contribution >= 4 is 17.9 Å². The standard InChI is InChI=1S/C27H41N3O5/c1-18-13-15-19(16-14-18)23(24(32)28-20-9-6-5-7-10-20)30(21-11-8-12-21)25(33)22(17-31)29-26(34)35-27(2,3)4/h13-16,20-23,31H,5-12,17H2,1-4H3,(H,28,32)(H,29,34). The van der Waals surface area contributed by atoms with Crippen molar-refractivity contribution in [2.24, 2.45) is 0 Å². The van der Waals surface area contributed by atoms with Crippen LogP contribution in [0, 0.1) is 6.92 Å². The third-order valence-corrected chi connectivity index (χ3v) is 6.77. The van der Waals surface area contributed by atoms with E-state index >= 15 is 0 Å². The Labute approximate surface area is 208 Å². The number of nitrogens with one attached hydrogen (secondary N) is 2. The molecule has 1 aromatic rings. The molecule has 35 heavy (non-hydrogen) atoms. The van der Waals surface area contributed by atoms with Gasteiger partial charge in [-0.25, -0.2) is 4.79 Å². The molecule has 2 saturated carbocycles. The molecular weight excluding hydrogens is 446 g/mol. The summed E-state index contributed by atoms with van der Waals surface area (Å²) in [5, 5.41) is 15.7. The average Bonchev–Trinajstić information content (AvgIpc) is 2.76. The molecule has 3 rings (SSSR count). The highest BCUT2D eigenvalue weighted by Gasteiger charge is 2.42. The van der Waals surface area contributed by atoms with Crippen LogP contribution in [0.5, 0.6) is 0 Å². The van der Waals surface area contributed by atoms with Gasteiger partial charge in [0.05, 0.1) is 6.61 Å². The van der Waals surface area contributed by atoms with E-state index in [4.69, 9.17) is 4.74 Å². The zero-order valence-corrected chi connectivity index (χ0v) is 21.5. The van der Waals surface area contributed by atoms with Crippen molar-refractivity contribution in [3.05, 3.63) is 35.4 Å². The Kier molecular flexibility index (Phi) is 9.16. The molecular formula is C27H41N3O5. The van der Waals surface area contributed by atoms with Gasteiger partial charge >= 0.3 is 6.09 Å². The molecule has 3 amide bonds. The number of aliphatic hydroxyl groups excluding tert-OH is 1. The summed E-state index contributed by atoms with van der Waals surface area (Å²) in [5.41, 5.74) is 1.03. The summed E-state index contributed by atoms with van der Waals surface area (Å²) in [6, 6.07) is 5.54. The number of ether oxygens (including phenoxy) is 1. The van der Waals surface area contributed by atoms with Gasteiger partial charge in [-0.2, -0.15) is 0 Å². The predicted molar refractivity (Wildman–Crippen MR) is 134 cm³/mol. The largest absolute Gasteiger partial charge is 0.444 e. The molecule has 0 spiro atoms. The van der Waals surface area contributed by atoms with Crippen LogP contribution in [0.3, 0.4) is 0 Å². The molecule has 0 aromatic heterocycles. The second-order valence-corrected chi connectivity index (χ2v) is 10.9. The number of carbonyl (C=O) groups is 3. The van der Waals surface area contributed by atoms with E-state index in [-0.39, 0.29) is 18.0 Å². The predicted octanol–water partition coefficient (Wildman–Crippen LogP) is 3.75. The van der Waals surface area contributed by atoms with Crippen LogP contribution in [-0.4, -0.2) is 58.2 Å². The summed E-state index contributed by atoms with van der Waals surface area (Å²) in [6.45, 7) is 6.57. The minimum absolute atomic E-state index is 0.0936. The number of aliphatic hydroxyl groups is 1. The molecule has 2 aliphatic carbocycles. The minimum Gasteiger partial charge on any atom is -0.444 e. The van der Waals surface area contributed by atoms with E-state index in [1.165, 1.54) is 6.42 Å². The van der Waals surface area contributed by atoms with Gasteiger partial charge in [-0.3, -0.25) is 9.59 Å². The fourth-order valence-electron chi connectivity index (χ4n) is 4.71. The molecule has 0 aliphatic heterocycles. The number of carbonyl (C=O) groups excluding carboxylic acids is 3. The van der Waals surface area contributed by atoms with Crippen LogP contribution in [0.2, 0.25) is 0 Å². The quantitative estimate of drug-likeness (QED) is 0.518. The van der Waals surface area contributed by atoms with E-state index in [1.807, 2.05) is 31.2 Å². The summed E-state index contributed by atoms with van der Waals surface area (Å²) >= 11 is 0. The molecule has 194 valence electrons. The maximum Gasteiger partial charge on any atom is 0.408 e. The smallest absolute Gasteiger partial charge is 0.408 e. The van der Waals surface area contributed by atoms with E-state index in [0.29, 0.717) is 0 Å². The fourth-order valence-corrected chi connectivity index (χ4v) is 4.71. The number of alkyl carbamates (subject to hydrolysis) is 1. The molecule has 8 heteroatoms. The minimum atomic E-state index is -1.21. The maximum absolute atomic E-state index is 13.8. The molecule has 2 fully saturated rings. The molecule has 0 bridgehead atoms. The highest BCUT2D eigenvalue weighted by atomic mass is 16.6. The molecule has 0 radical (unpaired) electrons. The van der Waals surface area contributed by atoms with Crippen LogP contribution < -0.4 is 10.6 Å². The lowest BCUT2D eigenvalue weighted by atomic mass is 9.87. The lowest BCUT2D eigenvalue weighted by Gasteiger charge is -2.43. The van der Waals surface area contributed by atoms with Gasteiger partial charge in [-0.15, -0.1) is 0 Å². The summed E-state index contributed by atoms with van der Waals surface area (Å²) in [4.78, 5) is 41.5. The average molecular weight is 488 g/mol. The number of rotatable bonds is 8. The Morgan fingerprint density at radius 1 is 1.03 bits per heavy atom. The van der Waals surface area contributed by atoms with Crippen molar-refractivity contribution < 1.29 is 24.2 Å². The molecule has 0 saturated heterocycles. The van der Waals surface area contributed by atoms with Crippen molar-refractivity contribution in [2.45, 2.75) is 109 Å². The highest BCUT2D eigenvalue weighted by molar-refractivity contribution is 5.92. The van der Waals surface area contributed by atoms with Crippen LogP contribution in [-0.2, 0) is 14.3 Å². The third-order valence-electron chi connectivity index (χ3n) is 6.77. The topological polar surface area (TPSA) is 108 Å². The normalized spacial score (nSPS) is 18.7. The molecule has 3 N–H and O–H groups in total. The molecule has 2 unspecified atom stereocenters. The van der Waals surface area contributed by atoms with E-state index in [2.05, 4.69) is 10.6 Å². The van der Waals surface area contributed by atoms with Gasteiger partial charge in [0.15, 0.2) is 0 Å². The van der Waals surface area contributed by atoms with Crippen molar-refractivity contribution in [3.63, 3.8) is 0 Å². The van der Waals surface area contributed by atoms with Crippen LogP contribution in [0.25, 0.3) is 0 Å². The van der Waals surface area contributed by atoms with Gasteiger partial charge in [0.25, 0.3) is 0 Å². The molecule has 8 nitrogen and oxygen atoms in total. The number of hydrogen-bond acceptors (Lipinski definition) is 5. The van der Waals surface area contributed by atoms with E-state index in [0.717, 1.165) is 56.1 Å². The van der Waals surface area contributed by atoms with Crippen molar-refractivity contribution in [1.29, 1.82) is 0 Å². The SMILES string of the molecule is Cc1ccc(C(C(=O)NC2CCCCC2)N(C(=O)C(CO)NC(=O)OC(C)(C)C)C2CCC2)cc1. The van der Waals surface area contributed by atoms with Crippen molar-refractivity contribution in [2.75, 3.05) is 6.61 Å². The summed E-state index contributed by atoms with van der Waals surface area (Å²) < 4.78 is 5.30. The summed E-state index contributed by atoms with van der Waals surface area (Å²) in [5.74, 6) is -0.692. The van der Waals surface area contributed by atoms with Gasteiger partial charge in [0.2, 0.25) is 11.8 Å². The Morgan fingerprint density at radius 3 is 2.17 bits per heavy atom. The van der Waals surface area contributed by atoms with Crippen LogP contribution in [0.15, 0.2) is 24.3 Å². The lowest BCUT2D eigenvalue weighted by molar-refractivity contribution is -0.148. The van der Waals surface area contributed by atoms with Gasteiger partial charge in [0, 0.05) is 12.1 Å². The molecule has 2 aliphatic rings. The van der Waals surface area contributed by atoms with Gasteiger partial charge < -0.3 is 25.4 Å². The van der Waals surface area contributed by atoms with Gasteiger partial charge in [-0.1, -0.05) is 49.1 Å². The maximum atomic E-state index is 13.8. The Hall–Kier alpha value is -2.61. The first-order chi connectivity index (χ1) is 16.6. The number of hydrogen-bond donors (Lipinski definition) is 3. The lowest BCUT2D eigenvalue weighted by Crippen LogP contribution is -2.59. The van der Waals surface area contributed by atoms with E-state index < -0.39 is 36.3 Å². The summed E-state index contributed by atoms with van der Waals surface area (Å²) in [6.07, 6.45) is 6.93. The zero-order chi connectivity index (χ0) is 25.6. The molecule has 1 aromatic carbocycles. The highest BCUT2D eigenvalue weighted by Crippen LogP contribution is 2.34. The fraction of sp³-hybridized carbons (Fsp3) is 0.667. The van der Waals surface area contributed by atoms with Crippen molar-refractivity contribution in [1.82, 2.24) is 15.5 Å². The van der Waals surface area contributed by atoms with Crippen LogP contribution in [0.4, 0.5) is 4.79 Å².